The molecule has 2 aliphatic rings. The van der Waals surface area contributed by atoms with E-state index in [1.165, 1.54) is 18.4 Å². The Morgan fingerprint density at radius 1 is 1.29 bits per heavy atom. The molecule has 1 unspecified atom stereocenters. The number of carbonyl (C=O) groups excluding carboxylic acids is 1. The van der Waals surface area contributed by atoms with E-state index < -0.39 is 5.97 Å². The van der Waals surface area contributed by atoms with E-state index >= 15 is 0 Å². The van der Waals surface area contributed by atoms with Crippen molar-refractivity contribution >= 4 is 12.0 Å². The number of morpholine rings is 1. The Morgan fingerprint density at radius 3 is 2.68 bits per heavy atom. The van der Waals surface area contributed by atoms with Crippen molar-refractivity contribution in [1.29, 1.82) is 0 Å². The highest BCUT2D eigenvalue weighted by Gasteiger charge is 2.36. The summed E-state index contributed by atoms with van der Waals surface area (Å²) >= 11 is 0. The van der Waals surface area contributed by atoms with Crippen molar-refractivity contribution in [3.05, 3.63) is 35.9 Å². The molecule has 0 bridgehead atoms. The molecule has 1 aliphatic heterocycles. The number of benzene rings is 1. The summed E-state index contributed by atoms with van der Waals surface area (Å²) in [5.41, 5.74) is 1.34. The lowest BCUT2D eigenvalue weighted by molar-refractivity contribution is -0.138. The quantitative estimate of drug-likeness (QED) is 0.745. The number of carbonyl (C=O) groups is 2. The van der Waals surface area contributed by atoms with Crippen LogP contribution in [0, 0.1) is 0 Å². The van der Waals surface area contributed by atoms with Crippen LogP contribution < -0.4 is 5.32 Å². The maximum atomic E-state index is 12.8. The van der Waals surface area contributed by atoms with Crippen LogP contribution >= 0.6 is 0 Å². The number of carboxylic acid groups (broad SMARTS) is 1. The number of amides is 2. The molecule has 1 atom stereocenters. The fraction of sp³-hybridized carbons (Fsp3) is 0.619. The van der Waals surface area contributed by atoms with E-state index in [9.17, 15) is 9.59 Å². The highest BCUT2D eigenvalue weighted by Crippen LogP contribution is 2.40. The van der Waals surface area contributed by atoms with Crippen LogP contribution in [-0.2, 0) is 14.9 Å². The number of nitrogens with zero attached hydrogens (tertiary/aromatic N) is 2. The number of hydrogen-bond acceptors (Lipinski definition) is 4. The normalized spacial score (nSPS) is 21.6. The summed E-state index contributed by atoms with van der Waals surface area (Å²) in [5.74, 6) is -0.865. The number of aliphatic carboxylic acids is 1. The molecule has 28 heavy (non-hydrogen) atoms. The fourth-order valence-corrected chi connectivity index (χ4v) is 4.42. The van der Waals surface area contributed by atoms with Crippen molar-refractivity contribution < 1.29 is 19.4 Å². The molecule has 2 N–H and O–H groups in total. The Balaban J connectivity index is 1.54. The van der Waals surface area contributed by atoms with Gasteiger partial charge in [-0.3, -0.25) is 9.69 Å². The average molecular weight is 389 g/mol. The van der Waals surface area contributed by atoms with Gasteiger partial charge in [0.15, 0.2) is 0 Å². The van der Waals surface area contributed by atoms with E-state index in [0.717, 1.165) is 12.8 Å². The van der Waals surface area contributed by atoms with Crippen molar-refractivity contribution in [2.45, 2.75) is 37.2 Å². The largest absolute Gasteiger partial charge is 0.480 e. The SMILES string of the molecule is CN(CC(=O)O)CC1CN(C(=O)NCC2(c3ccccc3)CCCC2)CCO1. The standard InChI is InChI=1S/C21H31N3O4/c1-23(15-19(25)26)13-18-14-24(11-12-28-18)20(27)22-16-21(9-5-6-10-21)17-7-3-2-4-8-17/h2-4,7-8,18H,5-6,9-16H2,1H3,(H,22,27)(H,25,26). The molecule has 7 heteroatoms. The summed E-state index contributed by atoms with van der Waals surface area (Å²) in [6, 6.07) is 10.4. The zero-order valence-electron chi connectivity index (χ0n) is 16.6. The Bertz CT molecular complexity index is 661. The lowest BCUT2D eigenvalue weighted by atomic mass is 9.79. The third-order valence-electron chi connectivity index (χ3n) is 5.87. The molecule has 154 valence electrons. The van der Waals surface area contributed by atoms with Gasteiger partial charge in [0.25, 0.3) is 0 Å². The van der Waals surface area contributed by atoms with Crippen LogP contribution in [0.3, 0.4) is 0 Å². The lowest BCUT2D eigenvalue weighted by Gasteiger charge is -2.36. The number of hydrogen-bond donors (Lipinski definition) is 2. The molecule has 1 aromatic rings. The van der Waals surface area contributed by atoms with Gasteiger partial charge in [-0.05, 0) is 25.5 Å². The van der Waals surface area contributed by atoms with Gasteiger partial charge in [-0.15, -0.1) is 0 Å². The molecule has 0 spiro atoms. The van der Waals surface area contributed by atoms with E-state index in [-0.39, 0.29) is 24.1 Å². The van der Waals surface area contributed by atoms with E-state index in [1.807, 2.05) is 6.07 Å². The average Bonchev–Trinajstić information content (AvgIpc) is 3.16. The van der Waals surface area contributed by atoms with Crippen LogP contribution in [0.1, 0.15) is 31.2 Å². The number of rotatable bonds is 7. The first-order valence-corrected chi connectivity index (χ1v) is 10.1. The first kappa shape index (κ1) is 20.6. The molecule has 1 aliphatic carbocycles. The monoisotopic (exact) mass is 389 g/mol. The van der Waals surface area contributed by atoms with E-state index in [0.29, 0.717) is 32.8 Å². The topological polar surface area (TPSA) is 82.1 Å². The van der Waals surface area contributed by atoms with E-state index in [2.05, 4.69) is 29.6 Å². The van der Waals surface area contributed by atoms with Crippen LogP contribution in [0.2, 0.25) is 0 Å². The van der Waals surface area contributed by atoms with Gasteiger partial charge in [0.05, 0.1) is 19.3 Å². The van der Waals surface area contributed by atoms with Crippen LogP contribution in [0.4, 0.5) is 4.79 Å². The molecule has 3 rings (SSSR count). The first-order chi connectivity index (χ1) is 13.5. The van der Waals surface area contributed by atoms with Crippen molar-refractivity contribution in [2.75, 3.05) is 46.4 Å². The van der Waals surface area contributed by atoms with Crippen LogP contribution in [0.5, 0.6) is 0 Å². The van der Waals surface area contributed by atoms with Gasteiger partial charge >= 0.3 is 12.0 Å². The number of carboxylic acids is 1. The summed E-state index contributed by atoms with van der Waals surface area (Å²) in [7, 11) is 1.75. The summed E-state index contributed by atoms with van der Waals surface area (Å²) in [5, 5.41) is 12.1. The Hall–Kier alpha value is -2.12. The molecule has 2 fully saturated rings. The Labute approximate surface area is 166 Å². The van der Waals surface area contributed by atoms with Gasteiger partial charge in [0.1, 0.15) is 0 Å². The fourth-order valence-electron chi connectivity index (χ4n) is 4.42. The Morgan fingerprint density at radius 2 is 2.00 bits per heavy atom. The van der Waals surface area contributed by atoms with Gasteiger partial charge in [-0.1, -0.05) is 43.2 Å². The second-order valence-electron chi connectivity index (χ2n) is 8.04. The zero-order valence-corrected chi connectivity index (χ0v) is 16.6. The summed E-state index contributed by atoms with van der Waals surface area (Å²) < 4.78 is 5.72. The smallest absolute Gasteiger partial charge is 0.317 e. The van der Waals surface area contributed by atoms with Crippen molar-refractivity contribution in [3.8, 4) is 0 Å². The van der Waals surface area contributed by atoms with Gasteiger partial charge in [-0.2, -0.15) is 0 Å². The van der Waals surface area contributed by atoms with Gasteiger partial charge in [-0.25, -0.2) is 4.79 Å². The third-order valence-corrected chi connectivity index (χ3v) is 5.87. The molecule has 1 aromatic carbocycles. The number of likely N-dealkylation sites (N-methyl/N-ethyl adjacent to an activating group) is 1. The predicted octanol–water partition coefficient (Wildman–Crippen LogP) is 1.93. The summed E-state index contributed by atoms with van der Waals surface area (Å²) in [6.07, 6.45) is 4.42. The molecule has 1 saturated heterocycles. The molecular weight excluding hydrogens is 358 g/mol. The van der Waals surface area contributed by atoms with E-state index in [1.54, 1.807) is 16.8 Å². The number of ether oxygens (including phenoxy) is 1. The highest BCUT2D eigenvalue weighted by atomic mass is 16.5. The van der Waals surface area contributed by atoms with Crippen LogP contribution in [0.15, 0.2) is 30.3 Å². The maximum absolute atomic E-state index is 12.8. The second-order valence-corrected chi connectivity index (χ2v) is 8.04. The van der Waals surface area contributed by atoms with Gasteiger partial charge in [0.2, 0.25) is 0 Å². The van der Waals surface area contributed by atoms with Crippen molar-refractivity contribution in [3.63, 3.8) is 0 Å². The predicted molar refractivity (Wildman–Crippen MR) is 106 cm³/mol. The van der Waals surface area contributed by atoms with Crippen LogP contribution in [0.25, 0.3) is 0 Å². The molecule has 0 aromatic heterocycles. The minimum absolute atomic E-state index is 0.0321. The maximum Gasteiger partial charge on any atom is 0.317 e. The molecule has 1 saturated carbocycles. The Kier molecular flexibility index (Phi) is 6.91. The summed E-state index contributed by atoms with van der Waals surface area (Å²) in [4.78, 5) is 27.1. The zero-order chi connectivity index (χ0) is 20.0. The van der Waals surface area contributed by atoms with Crippen LogP contribution in [-0.4, -0.2) is 79.4 Å². The number of urea groups is 1. The molecule has 0 radical (unpaired) electrons. The highest BCUT2D eigenvalue weighted by molar-refractivity contribution is 5.74. The minimum atomic E-state index is -0.865. The van der Waals surface area contributed by atoms with Gasteiger partial charge in [0, 0.05) is 31.6 Å². The number of nitrogens with one attached hydrogen (secondary N) is 1. The third kappa shape index (κ3) is 5.23. The van der Waals surface area contributed by atoms with Crippen molar-refractivity contribution in [1.82, 2.24) is 15.1 Å². The molecule has 2 amide bonds. The summed E-state index contributed by atoms with van der Waals surface area (Å²) in [6.45, 7) is 2.62. The van der Waals surface area contributed by atoms with E-state index in [4.69, 9.17) is 9.84 Å². The molecule has 7 nitrogen and oxygen atoms in total. The molecular formula is C21H31N3O4. The lowest BCUT2D eigenvalue weighted by Crippen LogP contribution is -2.53. The molecule has 1 heterocycles. The van der Waals surface area contributed by atoms with Crippen molar-refractivity contribution in [2.24, 2.45) is 0 Å². The second kappa shape index (κ2) is 9.39. The minimum Gasteiger partial charge on any atom is -0.480 e. The first-order valence-electron chi connectivity index (χ1n) is 10.1. The van der Waals surface area contributed by atoms with Gasteiger partial charge < -0.3 is 20.1 Å².